The number of carbonyl (C=O) groups is 1. The molecule has 2 aromatic rings. The van der Waals surface area contributed by atoms with Crippen LogP contribution in [0.1, 0.15) is 12.5 Å². The van der Waals surface area contributed by atoms with Crippen molar-refractivity contribution in [1.82, 2.24) is 5.32 Å². The fraction of sp³-hybridized carbons (Fsp3) is 0.278. The number of thioether (sulfide) groups is 2. The van der Waals surface area contributed by atoms with Gasteiger partial charge in [-0.05, 0) is 50.2 Å². The molecule has 0 saturated carbocycles. The van der Waals surface area contributed by atoms with Crippen LogP contribution >= 0.6 is 35.1 Å². The summed E-state index contributed by atoms with van der Waals surface area (Å²) >= 11 is 9.15. The molecule has 0 radical (unpaired) electrons. The summed E-state index contributed by atoms with van der Waals surface area (Å²) in [6.45, 7) is 4.67. The normalized spacial score (nSPS) is 12.0. The molecule has 122 valence electrons. The van der Waals surface area contributed by atoms with Crippen LogP contribution in [0.3, 0.4) is 0 Å². The molecular weight excluding hydrogens is 346 g/mol. The van der Waals surface area contributed by atoms with Crippen molar-refractivity contribution in [3.05, 3.63) is 59.1 Å². The minimum atomic E-state index is -0.124. The van der Waals surface area contributed by atoms with Crippen LogP contribution in [-0.4, -0.2) is 23.5 Å². The Morgan fingerprint density at radius 2 is 1.70 bits per heavy atom. The van der Waals surface area contributed by atoms with E-state index in [1.54, 1.807) is 11.8 Å². The van der Waals surface area contributed by atoms with E-state index in [2.05, 4.69) is 36.5 Å². The molecule has 23 heavy (non-hydrogen) atoms. The molecule has 1 amide bonds. The third kappa shape index (κ3) is 6.50. The van der Waals surface area contributed by atoms with Crippen LogP contribution in [0.25, 0.3) is 0 Å². The summed E-state index contributed by atoms with van der Waals surface area (Å²) in [6, 6.07) is 16.0. The molecule has 2 rings (SSSR count). The van der Waals surface area contributed by atoms with Gasteiger partial charge in [-0.2, -0.15) is 0 Å². The van der Waals surface area contributed by atoms with Crippen LogP contribution in [0.15, 0.2) is 58.3 Å². The van der Waals surface area contributed by atoms with Gasteiger partial charge in [0.15, 0.2) is 0 Å². The van der Waals surface area contributed by atoms with E-state index in [1.807, 2.05) is 31.2 Å². The van der Waals surface area contributed by atoms with Gasteiger partial charge in [-0.3, -0.25) is 4.79 Å². The minimum absolute atomic E-state index is 0.0643. The van der Waals surface area contributed by atoms with Crippen molar-refractivity contribution >= 4 is 41.0 Å². The lowest BCUT2D eigenvalue weighted by Gasteiger charge is -2.12. The smallest absolute Gasteiger partial charge is 0.233 e. The van der Waals surface area contributed by atoms with Gasteiger partial charge in [0.05, 0.1) is 5.25 Å². The van der Waals surface area contributed by atoms with E-state index in [0.29, 0.717) is 11.6 Å². The molecule has 0 aromatic heterocycles. The van der Waals surface area contributed by atoms with Crippen LogP contribution in [0, 0.1) is 6.92 Å². The fourth-order valence-electron chi connectivity index (χ4n) is 1.89. The molecule has 2 aromatic carbocycles. The molecule has 5 heteroatoms. The van der Waals surface area contributed by atoms with E-state index >= 15 is 0 Å². The lowest BCUT2D eigenvalue weighted by molar-refractivity contribution is -0.120. The summed E-state index contributed by atoms with van der Waals surface area (Å²) < 4.78 is 0. The van der Waals surface area contributed by atoms with Gasteiger partial charge in [0, 0.05) is 27.1 Å². The molecule has 0 aliphatic heterocycles. The van der Waals surface area contributed by atoms with Crippen molar-refractivity contribution in [2.24, 2.45) is 0 Å². The number of rotatable bonds is 7. The topological polar surface area (TPSA) is 29.1 Å². The third-order valence-electron chi connectivity index (χ3n) is 3.19. The van der Waals surface area contributed by atoms with E-state index in [0.717, 1.165) is 10.6 Å². The Bertz CT molecular complexity index is 628. The maximum Gasteiger partial charge on any atom is 0.233 e. The molecule has 0 saturated heterocycles. The Labute approximate surface area is 151 Å². The summed E-state index contributed by atoms with van der Waals surface area (Å²) in [4.78, 5) is 14.4. The quantitative estimate of drug-likeness (QED) is 0.550. The number of aryl methyl sites for hydroxylation is 1. The highest BCUT2D eigenvalue weighted by molar-refractivity contribution is 8.00. The molecule has 0 spiro atoms. The van der Waals surface area contributed by atoms with Gasteiger partial charge in [-0.25, -0.2) is 0 Å². The Balaban J connectivity index is 1.69. The van der Waals surface area contributed by atoms with Crippen LogP contribution in [0.2, 0.25) is 5.02 Å². The predicted molar refractivity (Wildman–Crippen MR) is 102 cm³/mol. The van der Waals surface area contributed by atoms with Crippen LogP contribution in [0.5, 0.6) is 0 Å². The van der Waals surface area contributed by atoms with Crippen molar-refractivity contribution in [1.29, 1.82) is 0 Å². The second-order valence-electron chi connectivity index (χ2n) is 5.17. The Morgan fingerprint density at radius 3 is 2.35 bits per heavy atom. The SMILES string of the molecule is Cc1ccc(SCCNC(=O)[C@H](C)Sc2ccc(Cl)cc2)cc1. The highest BCUT2D eigenvalue weighted by atomic mass is 35.5. The predicted octanol–water partition coefficient (Wildman–Crippen LogP) is 5.04. The minimum Gasteiger partial charge on any atom is -0.354 e. The molecule has 0 heterocycles. The Hall–Kier alpha value is -1.10. The first kappa shape index (κ1) is 18.2. The number of benzene rings is 2. The molecule has 0 fully saturated rings. The van der Waals surface area contributed by atoms with Crippen molar-refractivity contribution in [3.63, 3.8) is 0 Å². The van der Waals surface area contributed by atoms with Gasteiger partial charge in [-0.15, -0.1) is 23.5 Å². The van der Waals surface area contributed by atoms with Gasteiger partial charge < -0.3 is 5.32 Å². The monoisotopic (exact) mass is 365 g/mol. The number of hydrogen-bond acceptors (Lipinski definition) is 3. The maximum atomic E-state index is 12.1. The van der Waals surface area contributed by atoms with Crippen LogP contribution in [-0.2, 0) is 4.79 Å². The van der Waals surface area contributed by atoms with Crippen molar-refractivity contribution in [2.75, 3.05) is 12.3 Å². The zero-order chi connectivity index (χ0) is 16.7. The second kappa shape index (κ2) is 9.26. The van der Waals surface area contributed by atoms with Crippen LogP contribution < -0.4 is 5.32 Å². The molecule has 0 aliphatic rings. The van der Waals surface area contributed by atoms with Crippen molar-refractivity contribution in [3.8, 4) is 0 Å². The Kier molecular flexibility index (Phi) is 7.34. The lowest BCUT2D eigenvalue weighted by Crippen LogP contribution is -2.32. The van der Waals surface area contributed by atoms with Gasteiger partial charge in [0.25, 0.3) is 0 Å². The summed E-state index contributed by atoms with van der Waals surface area (Å²) in [5, 5.41) is 3.57. The van der Waals surface area contributed by atoms with E-state index in [9.17, 15) is 4.79 Å². The summed E-state index contributed by atoms with van der Waals surface area (Å²) in [7, 11) is 0. The summed E-state index contributed by atoms with van der Waals surface area (Å²) in [5.41, 5.74) is 1.26. The van der Waals surface area contributed by atoms with Crippen molar-refractivity contribution in [2.45, 2.75) is 28.9 Å². The number of carbonyl (C=O) groups excluding carboxylic acids is 1. The first-order valence-electron chi connectivity index (χ1n) is 7.44. The van der Waals surface area contributed by atoms with Gasteiger partial charge in [-0.1, -0.05) is 29.3 Å². The Morgan fingerprint density at radius 1 is 1.09 bits per heavy atom. The molecule has 0 aliphatic carbocycles. The number of hydrogen-bond donors (Lipinski definition) is 1. The van der Waals surface area contributed by atoms with Gasteiger partial charge in [0.1, 0.15) is 0 Å². The van der Waals surface area contributed by atoms with Crippen molar-refractivity contribution < 1.29 is 4.79 Å². The van der Waals surface area contributed by atoms with E-state index in [-0.39, 0.29) is 11.2 Å². The molecule has 2 nitrogen and oxygen atoms in total. The first-order chi connectivity index (χ1) is 11.0. The van der Waals surface area contributed by atoms with Gasteiger partial charge in [0.2, 0.25) is 5.91 Å². The second-order valence-corrected chi connectivity index (χ2v) is 8.19. The van der Waals surface area contributed by atoms with Gasteiger partial charge >= 0.3 is 0 Å². The summed E-state index contributed by atoms with van der Waals surface area (Å²) in [6.07, 6.45) is 0. The first-order valence-corrected chi connectivity index (χ1v) is 9.68. The summed E-state index contributed by atoms with van der Waals surface area (Å²) in [5.74, 6) is 0.932. The number of amides is 1. The largest absolute Gasteiger partial charge is 0.354 e. The lowest BCUT2D eigenvalue weighted by atomic mass is 10.2. The molecule has 1 atom stereocenters. The number of halogens is 1. The molecule has 0 unspecified atom stereocenters. The van der Waals surface area contributed by atoms with E-state index in [1.165, 1.54) is 22.2 Å². The average Bonchev–Trinajstić information content (AvgIpc) is 2.55. The zero-order valence-electron chi connectivity index (χ0n) is 13.2. The standard InChI is InChI=1S/C18H20ClNOS2/c1-13-3-7-16(8-4-13)22-12-11-20-18(21)14(2)23-17-9-5-15(19)6-10-17/h3-10,14H,11-12H2,1-2H3,(H,20,21)/t14-/m0/s1. The average molecular weight is 366 g/mol. The van der Waals surface area contributed by atoms with E-state index < -0.39 is 0 Å². The van der Waals surface area contributed by atoms with E-state index in [4.69, 9.17) is 11.6 Å². The highest BCUT2D eigenvalue weighted by Gasteiger charge is 2.13. The molecule has 1 N–H and O–H groups in total. The maximum absolute atomic E-state index is 12.1. The molecular formula is C18H20ClNOS2. The molecule has 0 bridgehead atoms. The highest BCUT2D eigenvalue weighted by Crippen LogP contribution is 2.24. The third-order valence-corrected chi connectivity index (χ3v) is 5.56. The zero-order valence-corrected chi connectivity index (χ0v) is 15.6. The van der Waals surface area contributed by atoms with Crippen LogP contribution in [0.4, 0.5) is 0 Å². The number of nitrogens with one attached hydrogen (secondary N) is 1. The fourth-order valence-corrected chi connectivity index (χ4v) is 3.68.